The standard InChI is InChI=1S/C18H16Cl2FNO4/c1-10(17(23)22-16-8-5-13(21)9-15(16)20)26-18(24)11(2)25-14-6-3-12(19)4-7-14/h3-11H,1-2H3,(H,22,23)/t10-,11-/m1/s1. The minimum atomic E-state index is -1.10. The van der Waals surface area contributed by atoms with Gasteiger partial charge in [-0.25, -0.2) is 9.18 Å². The van der Waals surface area contributed by atoms with Crippen LogP contribution in [-0.2, 0) is 14.3 Å². The van der Waals surface area contributed by atoms with E-state index in [1.54, 1.807) is 24.3 Å². The van der Waals surface area contributed by atoms with E-state index in [1.807, 2.05) is 0 Å². The zero-order chi connectivity index (χ0) is 19.3. The molecule has 0 saturated heterocycles. The van der Waals surface area contributed by atoms with Gasteiger partial charge in [-0.3, -0.25) is 4.79 Å². The summed E-state index contributed by atoms with van der Waals surface area (Å²) in [6, 6.07) is 10.00. The molecular formula is C18H16Cl2FNO4. The van der Waals surface area contributed by atoms with Crippen LogP contribution >= 0.6 is 23.2 Å². The van der Waals surface area contributed by atoms with Gasteiger partial charge in [0.25, 0.3) is 5.91 Å². The Bertz CT molecular complexity index is 798. The Labute approximate surface area is 160 Å². The third kappa shape index (κ3) is 5.61. The number of halogens is 3. The molecule has 8 heteroatoms. The van der Waals surface area contributed by atoms with Gasteiger partial charge in [-0.2, -0.15) is 0 Å². The molecule has 1 amide bonds. The van der Waals surface area contributed by atoms with E-state index in [0.29, 0.717) is 10.8 Å². The zero-order valence-electron chi connectivity index (χ0n) is 14.0. The molecule has 26 heavy (non-hydrogen) atoms. The number of benzene rings is 2. The molecule has 0 heterocycles. The van der Waals surface area contributed by atoms with Crippen LogP contribution in [0.4, 0.5) is 10.1 Å². The number of hydrogen-bond donors (Lipinski definition) is 1. The molecule has 0 saturated carbocycles. The molecule has 2 atom stereocenters. The van der Waals surface area contributed by atoms with Crippen molar-refractivity contribution in [3.8, 4) is 5.75 Å². The Morgan fingerprint density at radius 1 is 1.04 bits per heavy atom. The van der Waals surface area contributed by atoms with Crippen LogP contribution < -0.4 is 10.1 Å². The Hall–Kier alpha value is -2.31. The summed E-state index contributed by atoms with van der Waals surface area (Å²) in [5.74, 6) is -1.41. The van der Waals surface area contributed by atoms with Crippen molar-refractivity contribution in [3.63, 3.8) is 0 Å². The van der Waals surface area contributed by atoms with Crippen molar-refractivity contribution in [2.45, 2.75) is 26.1 Å². The number of carbonyl (C=O) groups excluding carboxylic acids is 2. The zero-order valence-corrected chi connectivity index (χ0v) is 15.5. The summed E-state index contributed by atoms with van der Waals surface area (Å²) in [7, 11) is 0. The molecule has 0 aromatic heterocycles. The molecule has 0 bridgehead atoms. The molecule has 0 fully saturated rings. The SMILES string of the molecule is C[C@@H](OC(=O)[C@@H](C)Oc1ccc(Cl)cc1)C(=O)Nc1ccc(F)cc1Cl. The second-order valence-electron chi connectivity index (χ2n) is 5.41. The van der Waals surface area contributed by atoms with Gasteiger partial charge in [0, 0.05) is 5.02 Å². The first-order valence-electron chi connectivity index (χ1n) is 7.65. The summed E-state index contributed by atoms with van der Waals surface area (Å²) in [5, 5.41) is 3.04. The first kappa shape index (κ1) is 20.0. The van der Waals surface area contributed by atoms with E-state index in [0.717, 1.165) is 12.1 Å². The number of anilines is 1. The van der Waals surface area contributed by atoms with E-state index in [-0.39, 0.29) is 10.7 Å². The van der Waals surface area contributed by atoms with Gasteiger partial charge < -0.3 is 14.8 Å². The lowest BCUT2D eigenvalue weighted by atomic mass is 10.3. The summed E-state index contributed by atoms with van der Waals surface area (Å²) in [6.07, 6.45) is -2.03. The summed E-state index contributed by atoms with van der Waals surface area (Å²) in [4.78, 5) is 24.2. The van der Waals surface area contributed by atoms with E-state index in [2.05, 4.69) is 5.32 Å². The minimum Gasteiger partial charge on any atom is -0.479 e. The maximum absolute atomic E-state index is 13.0. The molecule has 1 N–H and O–H groups in total. The fourth-order valence-corrected chi connectivity index (χ4v) is 2.25. The van der Waals surface area contributed by atoms with E-state index in [4.69, 9.17) is 32.7 Å². The van der Waals surface area contributed by atoms with Crippen LogP contribution in [0, 0.1) is 5.82 Å². The van der Waals surface area contributed by atoms with Crippen molar-refractivity contribution in [3.05, 3.63) is 58.3 Å². The van der Waals surface area contributed by atoms with Gasteiger partial charge in [0.15, 0.2) is 12.2 Å². The van der Waals surface area contributed by atoms with Crippen molar-refractivity contribution >= 4 is 40.8 Å². The molecule has 0 radical (unpaired) electrons. The lowest BCUT2D eigenvalue weighted by molar-refractivity contribution is -0.159. The van der Waals surface area contributed by atoms with Crippen molar-refractivity contribution in [2.75, 3.05) is 5.32 Å². The summed E-state index contributed by atoms with van der Waals surface area (Å²) < 4.78 is 23.5. The summed E-state index contributed by atoms with van der Waals surface area (Å²) in [6.45, 7) is 2.90. The predicted octanol–water partition coefficient (Wildman–Crippen LogP) is 4.47. The monoisotopic (exact) mass is 399 g/mol. The summed E-state index contributed by atoms with van der Waals surface area (Å²) in [5.41, 5.74) is 0.214. The van der Waals surface area contributed by atoms with Crippen LogP contribution in [0.5, 0.6) is 5.75 Å². The number of amides is 1. The first-order valence-corrected chi connectivity index (χ1v) is 8.40. The van der Waals surface area contributed by atoms with Crippen LogP contribution in [-0.4, -0.2) is 24.1 Å². The quantitative estimate of drug-likeness (QED) is 0.727. The number of nitrogens with one attached hydrogen (secondary N) is 1. The summed E-state index contributed by atoms with van der Waals surface area (Å²) >= 11 is 11.6. The smallest absolute Gasteiger partial charge is 0.347 e. The number of esters is 1. The van der Waals surface area contributed by atoms with Gasteiger partial charge in [0.2, 0.25) is 0 Å². The topological polar surface area (TPSA) is 64.6 Å². The van der Waals surface area contributed by atoms with Crippen LogP contribution in [0.25, 0.3) is 0 Å². The second-order valence-corrected chi connectivity index (χ2v) is 6.25. The maximum Gasteiger partial charge on any atom is 0.347 e. The van der Waals surface area contributed by atoms with E-state index >= 15 is 0 Å². The van der Waals surface area contributed by atoms with E-state index in [1.165, 1.54) is 19.9 Å². The van der Waals surface area contributed by atoms with Crippen LogP contribution in [0.3, 0.4) is 0 Å². The Balaban J connectivity index is 1.90. The third-order valence-electron chi connectivity index (χ3n) is 3.31. The van der Waals surface area contributed by atoms with Gasteiger partial charge in [-0.15, -0.1) is 0 Å². The molecule has 5 nitrogen and oxygen atoms in total. The van der Waals surface area contributed by atoms with Gasteiger partial charge in [0.1, 0.15) is 11.6 Å². The molecule has 0 aliphatic carbocycles. The van der Waals surface area contributed by atoms with Crippen molar-refractivity contribution in [1.29, 1.82) is 0 Å². The number of hydrogen-bond acceptors (Lipinski definition) is 4. The average Bonchev–Trinajstić information content (AvgIpc) is 2.59. The largest absolute Gasteiger partial charge is 0.479 e. The number of carbonyl (C=O) groups is 2. The highest BCUT2D eigenvalue weighted by atomic mass is 35.5. The average molecular weight is 400 g/mol. The Kier molecular flexibility index (Phi) is 6.83. The van der Waals surface area contributed by atoms with E-state index in [9.17, 15) is 14.0 Å². The molecular weight excluding hydrogens is 384 g/mol. The lowest BCUT2D eigenvalue weighted by Gasteiger charge is -2.18. The highest BCUT2D eigenvalue weighted by Crippen LogP contribution is 2.23. The number of ether oxygens (including phenoxy) is 2. The van der Waals surface area contributed by atoms with Crippen molar-refractivity contribution < 1.29 is 23.5 Å². The molecule has 2 aromatic rings. The Morgan fingerprint density at radius 2 is 1.69 bits per heavy atom. The van der Waals surface area contributed by atoms with Crippen LogP contribution in [0.2, 0.25) is 10.0 Å². The molecule has 0 aliphatic rings. The number of rotatable bonds is 6. The molecule has 138 valence electrons. The van der Waals surface area contributed by atoms with Crippen LogP contribution in [0.1, 0.15) is 13.8 Å². The van der Waals surface area contributed by atoms with Gasteiger partial charge >= 0.3 is 5.97 Å². The highest BCUT2D eigenvalue weighted by Gasteiger charge is 2.23. The first-order chi connectivity index (χ1) is 12.3. The van der Waals surface area contributed by atoms with Gasteiger partial charge in [-0.1, -0.05) is 23.2 Å². The molecule has 0 unspecified atom stereocenters. The normalized spacial score (nSPS) is 12.8. The fraction of sp³-hybridized carbons (Fsp3) is 0.222. The molecule has 2 aromatic carbocycles. The molecule has 0 aliphatic heterocycles. The molecule has 2 rings (SSSR count). The Morgan fingerprint density at radius 3 is 2.31 bits per heavy atom. The van der Waals surface area contributed by atoms with Gasteiger partial charge in [-0.05, 0) is 56.3 Å². The third-order valence-corrected chi connectivity index (χ3v) is 3.87. The van der Waals surface area contributed by atoms with Crippen molar-refractivity contribution in [1.82, 2.24) is 0 Å². The van der Waals surface area contributed by atoms with E-state index < -0.39 is 29.9 Å². The molecule has 0 spiro atoms. The maximum atomic E-state index is 13.0. The van der Waals surface area contributed by atoms with Gasteiger partial charge in [0.05, 0.1) is 10.7 Å². The van der Waals surface area contributed by atoms with Crippen molar-refractivity contribution in [2.24, 2.45) is 0 Å². The fourth-order valence-electron chi connectivity index (χ4n) is 1.91. The minimum absolute atomic E-state index is 0.0383. The lowest BCUT2D eigenvalue weighted by Crippen LogP contribution is -2.35. The highest BCUT2D eigenvalue weighted by molar-refractivity contribution is 6.33. The predicted molar refractivity (Wildman–Crippen MR) is 97.1 cm³/mol. The van der Waals surface area contributed by atoms with Crippen LogP contribution in [0.15, 0.2) is 42.5 Å². The second kappa shape index (κ2) is 8.87.